The van der Waals surface area contributed by atoms with Crippen molar-refractivity contribution in [1.29, 1.82) is 0 Å². The van der Waals surface area contributed by atoms with E-state index in [1.165, 1.54) is 12.1 Å². The molecule has 5 rings (SSSR count). The molecule has 0 aliphatic carbocycles. The summed E-state index contributed by atoms with van der Waals surface area (Å²) in [6, 6.07) is 20.5. The van der Waals surface area contributed by atoms with Gasteiger partial charge >= 0.3 is 6.03 Å². The third kappa shape index (κ3) is 4.57. The molecule has 0 saturated heterocycles. The Hall–Kier alpha value is -4.46. The third-order valence-corrected chi connectivity index (χ3v) is 6.22. The molecule has 0 bridgehead atoms. The summed E-state index contributed by atoms with van der Waals surface area (Å²) in [5.74, 6) is 0.891. The molecule has 8 heteroatoms. The molecule has 2 heterocycles. The third-order valence-electron chi connectivity index (χ3n) is 6.22. The minimum atomic E-state index is -0.666. The molecule has 2 amide bonds. The highest BCUT2D eigenvalue weighted by Gasteiger charge is 2.36. The lowest BCUT2D eigenvalue weighted by molar-refractivity contribution is 0.203. The van der Waals surface area contributed by atoms with E-state index < -0.39 is 11.9 Å². The van der Waals surface area contributed by atoms with Crippen molar-refractivity contribution in [3.8, 4) is 17.1 Å². The molecule has 7 nitrogen and oxygen atoms in total. The van der Waals surface area contributed by atoms with Gasteiger partial charge < -0.3 is 14.6 Å². The molecule has 36 heavy (non-hydrogen) atoms. The first-order valence-corrected chi connectivity index (χ1v) is 11.5. The zero-order valence-corrected chi connectivity index (χ0v) is 20.2. The molecular formula is C28H25FN4O3. The predicted molar refractivity (Wildman–Crippen MR) is 133 cm³/mol. The van der Waals surface area contributed by atoms with Crippen molar-refractivity contribution in [3.05, 3.63) is 107 Å². The van der Waals surface area contributed by atoms with E-state index in [1.807, 2.05) is 62.4 Å². The highest BCUT2D eigenvalue weighted by molar-refractivity contribution is 5.86. The van der Waals surface area contributed by atoms with Crippen LogP contribution >= 0.6 is 0 Å². The number of ether oxygens (including phenoxy) is 1. The summed E-state index contributed by atoms with van der Waals surface area (Å²) in [6.45, 7) is 4.21. The number of carbonyl (C=O) groups excluding carboxylic acids is 1. The second kappa shape index (κ2) is 9.65. The maximum absolute atomic E-state index is 14.1. The Morgan fingerprint density at radius 1 is 1.06 bits per heavy atom. The lowest BCUT2D eigenvalue weighted by Crippen LogP contribution is -2.45. The fraction of sp³-hybridized carbons (Fsp3) is 0.179. The van der Waals surface area contributed by atoms with E-state index in [-0.39, 0.29) is 11.9 Å². The minimum absolute atomic E-state index is 0.244. The van der Waals surface area contributed by atoms with E-state index >= 15 is 0 Å². The van der Waals surface area contributed by atoms with Crippen molar-refractivity contribution in [3.63, 3.8) is 0 Å². The van der Waals surface area contributed by atoms with E-state index in [1.54, 1.807) is 24.1 Å². The fourth-order valence-electron chi connectivity index (χ4n) is 4.27. The van der Waals surface area contributed by atoms with Crippen LogP contribution in [0.4, 0.5) is 9.18 Å². The molecule has 1 N–H and O–H groups in total. The summed E-state index contributed by atoms with van der Waals surface area (Å²) in [6.07, 6.45) is 0. The standard InChI is InChI=1S/C28H25FN4O3/c1-17-10-12-19(13-11-17)16-33-18(2)24(25(30-28(33)34)20-6-4-8-22(29)14-20)27-31-26(32-36-27)21-7-5-9-23(15-21)35-3/h4-15,25H,16H2,1-3H3,(H,30,34). The van der Waals surface area contributed by atoms with Crippen LogP contribution in [0.25, 0.3) is 17.0 Å². The summed E-state index contributed by atoms with van der Waals surface area (Å²) >= 11 is 0. The van der Waals surface area contributed by atoms with Crippen molar-refractivity contribution < 1.29 is 18.4 Å². The van der Waals surface area contributed by atoms with Gasteiger partial charge in [-0.05, 0) is 49.2 Å². The second-order valence-corrected chi connectivity index (χ2v) is 8.66. The van der Waals surface area contributed by atoms with Crippen molar-refractivity contribution >= 4 is 11.6 Å². The Labute approximate surface area is 208 Å². The number of allylic oxidation sites excluding steroid dienone is 1. The van der Waals surface area contributed by atoms with Crippen LogP contribution in [0.3, 0.4) is 0 Å². The number of aryl methyl sites for hydroxylation is 1. The number of aromatic nitrogens is 2. The number of methoxy groups -OCH3 is 1. The SMILES string of the molecule is COc1cccc(-c2noc(C3=C(C)N(Cc4ccc(C)cc4)C(=O)NC3c3cccc(F)c3)n2)c1. The molecule has 1 unspecified atom stereocenters. The molecule has 0 fully saturated rings. The summed E-state index contributed by atoms with van der Waals surface area (Å²) in [4.78, 5) is 19.5. The normalized spacial score (nSPS) is 15.7. The van der Waals surface area contributed by atoms with Crippen molar-refractivity contribution in [2.24, 2.45) is 0 Å². The van der Waals surface area contributed by atoms with Crippen LogP contribution < -0.4 is 10.1 Å². The summed E-state index contributed by atoms with van der Waals surface area (Å²) in [5, 5.41) is 7.18. The quantitative estimate of drug-likeness (QED) is 0.369. The highest BCUT2D eigenvalue weighted by atomic mass is 19.1. The number of nitrogens with one attached hydrogen (secondary N) is 1. The van der Waals surface area contributed by atoms with Crippen LogP contribution in [0.1, 0.15) is 35.5 Å². The molecule has 0 saturated carbocycles. The van der Waals surface area contributed by atoms with E-state index in [0.717, 1.165) is 16.7 Å². The monoisotopic (exact) mass is 484 g/mol. The largest absolute Gasteiger partial charge is 0.497 e. The van der Waals surface area contributed by atoms with Crippen molar-refractivity contribution in [2.75, 3.05) is 7.11 Å². The van der Waals surface area contributed by atoms with Gasteiger partial charge in [-0.15, -0.1) is 0 Å². The Bertz CT molecular complexity index is 1450. The fourth-order valence-corrected chi connectivity index (χ4v) is 4.27. The Morgan fingerprint density at radius 2 is 1.83 bits per heavy atom. The summed E-state index contributed by atoms with van der Waals surface area (Å²) in [7, 11) is 1.59. The van der Waals surface area contributed by atoms with Crippen LogP contribution in [0.5, 0.6) is 5.75 Å². The molecule has 182 valence electrons. The van der Waals surface area contributed by atoms with Gasteiger partial charge in [0.05, 0.1) is 25.3 Å². The van der Waals surface area contributed by atoms with Crippen LogP contribution in [0.2, 0.25) is 0 Å². The number of urea groups is 1. The van der Waals surface area contributed by atoms with Crippen molar-refractivity contribution in [1.82, 2.24) is 20.4 Å². The van der Waals surface area contributed by atoms with Crippen LogP contribution in [0.15, 0.2) is 83.0 Å². The van der Waals surface area contributed by atoms with Gasteiger partial charge in [-0.3, -0.25) is 4.90 Å². The van der Waals surface area contributed by atoms with Gasteiger partial charge in [0, 0.05) is 11.3 Å². The maximum Gasteiger partial charge on any atom is 0.322 e. The molecular weight excluding hydrogens is 459 g/mol. The molecule has 4 aromatic rings. The first kappa shape index (κ1) is 23.3. The van der Waals surface area contributed by atoms with Gasteiger partial charge in [-0.1, -0.05) is 59.3 Å². The zero-order valence-electron chi connectivity index (χ0n) is 20.2. The average molecular weight is 485 g/mol. The molecule has 0 radical (unpaired) electrons. The van der Waals surface area contributed by atoms with Crippen LogP contribution in [-0.4, -0.2) is 28.2 Å². The number of nitrogens with zero attached hydrogens (tertiary/aromatic N) is 3. The number of benzene rings is 3. The average Bonchev–Trinajstić information content (AvgIpc) is 3.37. The second-order valence-electron chi connectivity index (χ2n) is 8.66. The highest BCUT2D eigenvalue weighted by Crippen LogP contribution is 2.38. The van der Waals surface area contributed by atoms with Gasteiger partial charge in [-0.2, -0.15) is 4.98 Å². The van der Waals surface area contributed by atoms with Gasteiger partial charge in [0.15, 0.2) is 0 Å². The Balaban J connectivity index is 1.59. The van der Waals surface area contributed by atoms with E-state index in [0.29, 0.717) is 35.0 Å². The number of rotatable bonds is 6. The Kier molecular flexibility index (Phi) is 6.25. The minimum Gasteiger partial charge on any atom is -0.497 e. The molecule has 1 aromatic heterocycles. The summed E-state index contributed by atoms with van der Waals surface area (Å²) < 4.78 is 25.1. The van der Waals surface area contributed by atoms with Crippen LogP contribution in [-0.2, 0) is 6.54 Å². The molecule has 1 aliphatic heterocycles. The van der Waals surface area contributed by atoms with Gasteiger partial charge in [-0.25, -0.2) is 9.18 Å². The van der Waals surface area contributed by atoms with Gasteiger partial charge in [0.25, 0.3) is 5.89 Å². The van der Waals surface area contributed by atoms with E-state index in [2.05, 4.69) is 15.5 Å². The lowest BCUT2D eigenvalue weighted by atomic mass is 9.94. The maximum atomic E-state index is 14.1. The van der Waals surface area contributed by atoms with E-state index in [4.69, 9.17) is 9.26 Å². The zero-order chi connectivity index (χ0) is 25.2. The first-order chi connectivity index (χ1) is 17.4. The van der Waals surface area contributed by atoms with Crippen LogP contribution in [0, 0.1) is 12.7 Å². The molecule has 3 aromatic carbocycles. The number of hydrogen-bond donors (Lipinski definition) is 1. The smallest absolute Gasteiger partial charge is 0.322 e. The van der Waals surface area contributed by atoms with Gasteiger partial charge in [0.2, 0.25) is 5.82 Å². The topological polar surface area (TPSA) is 80.5 Å². The van der Waals surface area contributed by atoms with E-state index in [9.17, 15) is 9.18 Å². The molecule has 1 aliphatic rings. The van der Waals surface area contributed by atoms with Crippen molar-refractivity contribution in [2.45, 2.75) is 26.4 Å². The number of hydrogen-bond acceptors (Lipinski definition) is 5. The predicted octanol–water partition coefficient (Wildman–Crippen LogP) is 5.89. The van der Waals surface area contributed by atoms with Gasteiger partial charge in [0.1, 0.15) is 11.6 Å². The Morgan fingerprint density at radius 3 is 2.58 bits per heavy atom. The summed E-state index contributed by atoms with van der Waals surface area (Å²) in [5.41, 5.74) is 4.66. The molecule has 0 spiro atoms. The number of carbonyl (C=O) groups is 1. The lowest BCUT2D eigenvalue weighted by Gasteiger charge is -2.35. The molecule has 1 atom stereocenters. The number of halogens is 1. The first-order valence-electron chi connectivity index (χ1n) is 11.5. The number of amides is 2.